The molecule has 0 unspecified atom stereocenters. The van der Waals surface area contributed by atoms with Crippen LogP contribution < -0.4 is 4.74 Å². The van der Waals surface area contributed by atoms with Crippen LogP contribution in [0.1, 0.15) is 0 Å². The highest BCUT2D eigenvalue weighted by molar-refractivity contribution is 5.78. The molecule has 19 heavy (non-hydrogen) atoms. The second-order valence-electron chi connectivity index (χ2n) is 4.15. The van der Waals surface area contributed by atoms with E-state index in [1.54, 1.807) is 18.2 Å². The molecule has 0 bridgehead atoms. The zero-order valence-corrected chi connectivity index (χ0v) is 9.79. The van der Waals surface area contributed by atoms with Crippen molar-refractivity contribution in [1.29, 1.82) is 0 Å². The zero-order chi connectivity index (χ0) is 14.0. The van der Waals surface area contributed by atoms with Crippen LogP contribution in [0, 0.1) is 0 Å². The van der Waals surface area contributed by atoms with Crippen molar-refractivity contribution >= 4 is 5.97 Å². The predicted molar refractivity (Wildman–Crippen MR) is 61.0 cm³/mol. The van der Waals surface area contributed by atoms with Gasteiger partial charge in [-0.1, -0.05) is 18.2 Å². The van der Waals surface area contributed by atoms with Crippen LogP contribution in [0.4, 0.5) is 0 Å². The Balaban J connectivity index is 2.06. The third-order valence-corrected chi connectivity index (χ3v) is 2.78. The van der Waals surface area contributed by atoms with Crippen LogP contribution >= 0.6 is 0 Å². The highest BCUT2D eigenvalue weighted by Crippen LogP contribution is 2.21. The second-order valence-corrected chi connectivity index (χ2v) is 4.15. The van der Waals surface area contributed by atoms with Crippen molar-refractivity contribution in [2.75, 3.05) is 0 Å². The molecular formula is C12H14O7. The molecule has 0 spiro atoms. The molecule has 0 saturated carbocycles. The first kappa shape index (κ1) is 13.9. The number of ether oxygens (including phenoxy) is 2. The normalized spacial score (nSPS) is 34.8. The Morgan fingerprint density at radius 1 is 1.00 bits per heavy atom. The van der Waals surface area contributed by atoms with E-state index in [2.05, 4.69) is 0 Å². The predicted octanol–water partition coefficient (Wildman–Crippen LogP) is -1.61. The van der Waals surface area contributed by atoms with E-state index in [1.807, 2.05) is 0 Å². The van der Waals surface area contributed by atoms with Crippen molar-refractivity contribution in [3.63, 3.8) is 0 Å². The molecule has 1 saturated heterocycles. The van der Waals surface area contributed by atoms with Gasteiger partial charge in [0.25, 0.3) is 0 Å². The maximum Gasteiger partial charge on any atom is 0.343 e. The Kier molecular flexibility index (Phi) is 4.13. The van der Waals surface area contributed by atoms with E-state index in [0.717, 1.165) is 0 Å². The molecule has 7 heteroatoms. The number of aliphatic hydroxyl groups is 4. The average molecular weight is 270 g/mol. The fourth-order valence-corrected chi connectivity index (χ4v) is 1.72. The topological polar surface area (TPSA) is 116 Å². The molecule has 0 aliphatic carbocycles. The lowest BCUT2D eigenvalue weighted by Crippen LogP contribution is -2.60. The van der Waals surface area contributed by atoms with E-state index in [9.17, 15) is 25.2 Å². The summed E-state index contributed by atoms with van der Waals surface area (Å²) < 4.78 is 9.66. The first-order valence-corrected chi connectivity index (χ1v) is 5.65. The molecule has 0 aromatic heterocycles. The summed E-state index contributed by atoms with van der Waals surface area (Å²) in [7, 11) is 0. The van der Waals surface area contributed by atoms with Gasteiger partial charge in [-0.05, 0) is 12.1 Å². The van der Waals surface area contributed by atoms with Gasteiger partial charge in [-0.2, -0.15) is 0 Å². The van der Waals surface area contributed by atoms with Crippen molar-refractivity contribution in [3.05, 3.63) is 30.3 Å². The second kappa shape index (κ2) is 5.64. The number of carbonyl (C=O) groups excluding carboxylic acids is 1. The van der Waals surface area contributed by atoms with E-state index in [0.29, 0.717) is 0 Å². The summed E-state index contributed by atoms with van der Waals surface area (Å²) in [5.74, 6) is -0.734. The van der Waals surface area contributed by atoms with Crippen molar-refractivity contribution < 1.29 is 34.7 Å². The molecule has 1 aromatic carbocycles. The van der Waals surface area contributed by atoms with E-state index >= 15 is 0 Å². The van der Waals surface area contributed by atoms with Crippen LogP contribution in [0.5, 0.6) is 5.75 Å². The van der Waals surface area contributed by atoms with E-state index in [-0.39, 0.29) is 5.75 Å². The van der Waals surface area contributed by atoms with Gasteiger partial charge in [0.1, 0.15) is 24.1 Å². The van der Waals surface area contributed by atoms with Gasteiger partial charge >= 0.3 is 5.97 Å². The summed E-state index contributed by atoms with van der Waals surface area (Å²) in [5, 5.41) is 37.7. The fraction of sp³-hybridized carbons (Fsp3) is 0.417. The molecule has 7 nitrogen and oxygen atoms in total. The molecule has 1 aliphatic rings. The Morgan fingerprint density at radius 3 is 2.26 bits per heavy atom. The number of rotatable bonds is 2. The van der Waals surface area contributed by atoms with Crippen LogP contribution in [0.2, 0.25) is 0 Å². The molecule has 0 amide bonds. The lowest BCUT2D eigenvalue weighted by atomic mass is 9.99. The fourth-order valence-electron chi connectivity index (χ4n) is 1.72. The minimum atomic E-state index is -1.77. The Hall–Kier alpha value is -1.51. The summed E-state index contributed by atoms with van der Waals surface area (Å²) in [4.78, 5) is 11.8. The molecule has 5 atom stereocenters. The van der Waals surface area contributed by atoms with Gasteiger partial charge in [0.2, 0.25) is 0 Å². The molecule has 104 valence electrons. The summed E-state index contributed by atoms with van der Waals surface area (Å²) >= 11 is 0. The minimum Gasteiger partial charge on any atom is -0.425 e. The molecule has 0 radical (unpaired) electrons. The minimum absolute atomic E-state index is 0.235. The van der Waals surface area contributed by atoms with E-state index < -0.39 is 36.7 Å². The van der Waals surface area contributed by atoms with Crippen molar-refractivity contribution in [3.8, 4) is 5.75 Å². The third-order valence-electron chi connectivity index (χ3n) is 2.78. The Bertz CT molecular complexity index is 435. The number of aliphatic hydroxyl groups excluding tert-OH is 4. The SMILES string of the molecule is O=C(Oc1ccccc1)[C@H]1O[C@@H](O)[C@H](O)[C@@H](O)[C@@H]1O. The Morgan fingerprint density at radius 2 is 1.63 bits per heavy atom. The number of carbonyl (C=O) groups is 1. The van der Waals surface area contributed by atoms with Crippen molar-refractivity contribution in [2.45, 2.75) is 30.7 Å². The smallest absolute Gasteiger partial charge is 0.343 e. The zero-order valence-electron chi connectivity index (χ0n) is 9.79. The molecule has 2 rings (SSSR count). The van der Waals surface area contributed by atoms with Crippen LogP contribution in [-0.2, 0) is 9.53 Å². The lowest BCUT2D eigenvalue weighted by Gasteiger charge is -2.36. The maximum absolute atomic E-state index is 11.8. The van der Waals surface area contributed by atoms with Crippen molar-refractivity contribution in [2.24, 2.45) is 0 Å². The largest absolute Gasteiger partial charge is 0.425 e. The number of esters is 1. The lowest BCUT2D eigenvalue weighted by molar-refractivity contribution is -0.279. The summed E-state index contributed by atoms with van der Waals surface area (Å²) in [5.41, 5.74) is 0. The first-order chi connectivity index (χ1) is 9.00. The van der Waals surface area contributed by atoms with E-state index in [1.165, 1.54) is 12.1 Å². The summed E-state index contributed by atoms with van der Waals surface area (Å²) in [6, 6.07) is 8.07. The van der Waals surface area contributed by atoms with Gasteiger partial charge in [0.15, 0.2) is 12.4 Å². The molecule has 1 aromatic rings. The highest BCUT2D eigenvalue weighted by atomic mass is 16.7. The number of hydrogen-bond acceptors (Lipinski definition) is 7. The van der Waals surface area contributed by atoms with Gasteiger partial charge in [-0.3, -0.25) is 0 Å². The number of benzene rings is 1. The first-order valence-electron chi connectivity index (χ1n) is 5.65. The van der Waals surface area contributed by atoms with Crippen molar-refractivity contribution in [1.82, 2.24) is 0 Å². The average Bonchev–Trinajstić information content (AvgIpc) is 2.41. The van der Waals surface area contributed by atoms with Gasteiger partial charge < -0.3 is 29.9 Å². The molecule has 1 heterocycles. The van der Waals surface area contributed by atoms with Crippen LogP contribution in [-0.4, -0.2) is 57.1 Å². The monoisotopic (exact) mass is 270 g/mol. The number of hydrogen-bond donors (Lipinski definition) is 4. The summed E-state index contributed by atoms with van der Waals surface area (Å²) in [6.07, 6.45) is -8.41. The van der Waals surface area contributed by atoms with Gasteiger partial charge in [-0.25, -0.2) is 4.79 Å². The van der Waals surface area contributed by atoms with Gasteiger partial charge in [0.05, 0.1) is 0 Å². The Labute approximate surface area is 108 Å². The molecular weight excluding hydrogens is 256 g/mol. The highest BCUT2D eigenvalue weighted by Gasteiger charge is 2.47. The van der Waals surface area contributed by atoms with E-state index in [4.69, 9.17) is 9.47 Å². The van der Waals surface area contributed by atoms with Crippen LogP contribution in [0.3, 0.4) is 0 Å². The van der Waals surface area contributed by atoms with Crippen LogP contribution in [0.15, 0.2) is 30.3 Å². The molecule has 4 N–H and O–H groups in total. The van der Waals surface area contributed by atoms with Gasteiger partial charge in [0, 0.05) is 0 Å². The quantitative estimate of drug-likeness (QED) is 0.377. The third kappa shape index (κ3) is 2.91. The molecule has 1 fully saturated rings. The maximum atomic E-state index is 11.8. The molecule has 1 aliphatic heterocycles. The standard InChI is InChI=1S/C12H14O7/c13-7-8(14)10(19-11(16)9(7)15)12(17)18-6-4-2-1-3-5-6/h1-5,7-11,13-16H/t7-,8-,9+,10-,11+/m0/s1. The van der Waals surface area contributed by atoms with Crippen LogP contribution in [0.25, 0.3) is 0 Å². The summed E-state index contributed by atoms with van der Waals surface area (Å²) in [6.45, 7) is 0. The number of para-hydroxylation sites is 1. The van der Waals surface area contributed by atoms with Gasteiger partial charge in [-0.15, -0.1) is 0 Å².